The predicted octanol–water partition coefficient (Wildman–Crippen LogP) is 1.42. The highest BCUT2D eigenvalue weighted by Crippen LogP contribution is 2.29. The molecule has 0 saturated carbocycles. The van der Waals surface area contributed by atoms with E-state index in [4.69, 9.17) is 5.11 Å². The quantitative estimate of drug-likeness (QED) is 0.719. The van der Waals surface area contributed by atoms with Gasteiger partial charge in [0.2, 0.25) is 0 Å². The van der Waals surface area contributed by atoms with Crippen LogP contribution in [0.5, 0.6) is 5.75 Å². The van der Waals surface area contributed by atoms with Crippen LogP contribution in [-0.2, 0) is 19.3 Å². The minimum absolute atomic E-state index is 0.104. The summed E-state index contributed by atoms with van der Waals surface area (Å²) >= 11 is 0. The molecule has 0 fully saturated rings. The summed E-state index contributed by atoms with van der Waals surface area (Å²) in [5.41, 5.74) is 3.50. The Hall–Kier alpha value is -1.02. The second-order valence-electron chi connectivity index (χ2n) is 3.58. The van der Waals surface area contributed by atoms with Crippen molar-refractivity contribution in [2.45, 2.75) is 25.7 Å². The van der Waals surface area contributed by atoms with Gasteiger partial charge in [-0.15, -0.1) is 0 Å². The lowest BCUT2D eigenvalue weighted by atomic mass is 10.0. The van der Waals surface area contributed by atoms with Crippen molar-refractivity contribution in [3.63, 3.8) is 0 Å². The molecule has 0 radical (unpaired) electrons. The monoisotopic (exact) mass is 178 g/mol. The number of phenolic OH excluding ortho intramolecular Hbond substituents is 1. The van der Waals surface area contributed by atoms with Crippen molar-refractivity contribution >= 4 is 0 Å². The van der Waals surface area contributed by atoms with Crippen LogP contribution < -0.4 is 0 Å². The maximum Gasteiger partial charge on any atom is 0.119 e. The molecule has 0 aliphatic heterocycles. The molecule has 0 heterocycles. The summed E-state index contributed by atoms with van der Waals surface area (Å²) in [6.45, 7) is 0.104. The van der Waals surface area contributed by atoms with Crippen molar-refractivity contribution < 1.29 is 10.2 Å². The van der Waals surface area contributed by atoms with Gasteiger partial charge in [0.15, 0.2) is 0 Å². The average molecular weight is 178 g/mol. The Bertz CT molecular complexity index is 318. The van der Waals surface area contributed by atoms with Gasteiger partial charge in [-0.05, 0) is 48.4 Å². The van der Waals surface area contributed by atoms with Gasteiger partial charge in [-0.1, -0.05) is 6.07 Å². The number of hydrogen-bond donors (Lipinski definition) is 2. The topological polar surface area (TPSA) is 40.5 Å². The lowest BCUT2D eigenvalue weighted by molar-refractivity contribution is 0.297. The van der Waals surface area contributed by atoms with Gasteiger partial charge in [0.25, 0.3) is 0 Å². The Morgan fingerprint density at radius 3 is 2.54 bits per heavy atom. The Morgan fingerprint density at radius 2 is 1.85 bits per heavy atom. The molecule has 0 saturated heterocycles. The molecule has 0 atom stereocenters. The summed E-state index contributed by atoms with van der Waals surface area (Å²) in [6, 6.07) is 3.89. The molecule has 13 heavy (non-hydrogen) atoms. The van der Waals surface area contributed by atoms with E-state index in [0.717, 1.165) is 18.4 Å². The third-order valence-corrected chi connectivity index (χ3v) is 2.67. The molecular weight excluding hydrogens is 164 g/mol. The number of rotatable bonds is 2. The first-order valence-corrected chi connectivity index (χ1v) is 4.76. The predicted molar refractivity (Wildman–Crippen MR) is 50.9 cm³/mol. The van der Waals surface area contributed by atoms with Gasteiger partial charge in [-0.2, -0.15) is 0 Å². The minimum atomic E-state index is 0.104. The fourth-order valence-electron chi connectivity index (χ4n) is 1.98. The van der Waals surface area contributed by atoms with Crippen LogP contribution >= 0.6 is 0 Å². The van der Waals surface area contributed by atoms with Gasteiger partial charge >= 0.3 is 0 Å². The molecule has 70 valence electrons. The number of benzene rings is 1. The maximum absolute atomic E-state index is 9.59. The molecule has 0 unspecified atom stereocenters. The van der Waals surface area contributed by atoms with E-state index in [0.29, 0.717) is 12.2 Å². The Kier molecular flexibility index (Phi) is 2.23. The molecule has 1 aliphatic carbocycles. The fraction of sp³-hybridized carbons (Fsp3) is 0.455. The van der Waals surface area contributed by atoms with E-state index in [1.807, 2.05) is 12.1 Å². The molecular formula is C11H14O2. The third-order valence-electron chi connectivity index (χ3n) is 2.67. The summed E-state index contributed by atoms with van der Waals surface area (Å²) in [5.74, 6) is 0.342. The van der Waals surface area contributed by atoms with Crippen molar-refractivity contribution in [2.75, 3.05) is 6.61 Å². The average Bonchev–Trinajstić information content (AvgIpc) is 2.52. The van der Waals surface area contributed by atoms with Gasteiger partial charge in [0.05, 0.1) is 0 Å². The normalized spacial score (nSPS) is 14.5. The zero-order valence-corrected chi connectivity index (χ0v) is 7.58. The van der Waals surface area contributed by atoms with E-state index >= 15 is 0 Å². The van der Waals surface area contributed by atoms with Gasteiger partial charge in [0, 0.05) is 6.61 Å². The summed E-state index contributed by atoms with van der Waals surface area (Å²) in [4.78, 5) is 0. The van der Waals surface area contributed by atoms with Gasteiger partial charge in [-0.3, -0.25) is 0 Å². The van der Waals surface area contributed by atoms with E-state index in [1.165, 1.54) is 17.5 Å². The van der Waals surface area contributed by atoms with Crippen LogP contribution in [0.4, 0.5) is 0 Å². The number of fused-ring (bicyclic) bond motifs is 1. The van der Waals surface area contributed by atoms with Gasteiger partial charge in [-0.25, -0.2) is 0 Å². The molecule has 1 aliphatic rings. The van der Waals surface area contributed by atoms with Crippen molar-refractivity contribution in [2.24, 2.45) is 0 Å². The highest BCUT2D eigenvalue weighted by molar-refractivity contribution is 5.44. The Morgan fingerprint density at radius 1 is 1.15 bits per heavy atom. The second-order valence-corrected chi connectivity index (χ2v) is 3.58. The van der Waals surface area contributed by atoms with Crippen LogP contribution in [0.1, 0.15) is 23.1 Å². The summed E-state index contributed by atoms with van der Waals surface area (Å²) < 4.78 is 0. The van der Waals surface area contributed by atoms with E-state index in [2.05, 4.69) is 0 Å². The highest BCUT2D eigenvalue weighted by atomic mass is 16.3. The van der Waals surface area contributed by atoms with E-state index in [-0.39, 0.29) is 6.61 Å². The Balaban J connectivity index is 2.37. The van der Waals surface area contributed by atoms with Gasteiger partial charge in [0.1, 0.15) is 5.75 Å². The lowest BCUT2D eigenvalue weighted by Gasteiger charge is -2.06. The first-order chi connectivity index (χ1) is 6.31. The van der Waals surface area contributed by atoms with E-state index in [1.54, 1.807) is 0 Å². The summed E-state index contributed by atoms with van der Waals surface area (Å²) in [5, 5.41) is 18.4. The number of aliphatic hydroxyl groups is 1. The highest BCUT2D eigenvalue weighted by Gasteiger charge is 2.13. The maximum atomic E-state index is 9.59. The zero-order valence-electron chi connectivity index (χ0n) is 7.58. The van der Waals surface area contributed by atoms with Crippen LogP contribution in [0.3, 0.4) is 0 Å². The summed E-state index contributed by atoms with van der Waals surface area (Å²) in [7, 11) is 0. The minimum Gasteiger partial charge on any atom is -0.508 e. The fourth-order valence-corrected chi connectivity index (χ4v) is 1.98. The van der Waals surface area contributed by atoms with Crippen molar-refractivity contribution in [3.05, 3.63) is 28.8 Å². The number of aliphatic hydroxyl groups excluding tert-OH is 1. The van der Waals surface area contributed by atoms with Crippen LogP contribution in [-0.4, -0.2) is 16.8 Å². The van der Waals surface area contributed by atoms with Crippen molar-refractivity contribution in [1.82, 2.24) is 0 Å². The molecule has 1 aromatic rings. The van der Waals surface area contributed by atoms with Crippen molar-refractivity contribution in [1.29, 1.82) is 0 Å². The molecule has 0 spiro atoms. The smallest absolute Gasteiger partial charge is 0.119 e. The van der Waals surface area contributed by atoms with Gasteiger partial charge < -0.3 is 10.2 Å². The molecule has 2 rings (SSSR count). The number of phenols is 1. The SMILES string of the molecule is OCCc1cc2c(cc1O)CCC2. The van der Waals surface area contributed by atoms with Crippen LogP contribution in [0, 0.1) is 0 Å². The van der Waals surface area contributed by atoms with Crippen LogP contribution in [0.2, 0.25) is 0 Å². The number of hydrogen-bond acceptors (Lipinski definition) is 2. The van der Waals surface area contributed by atoms with E-state index in [9.17, 15) is 5.11 Å². The number of aromatic hydroxyl groups is 1. The largest absolute Gasteiger partial charge is 0.508 e. The lowest BCUT2D eigenvalue weighted by Crippen LogP contribution is -1.93. The molecule has 1 aromatic carbocycles. The van der Waals surface area contributed by atoms with Crippen LogP contribution in [0.25, 0.3) is 0 Å². The molecule has 0 amide bonds. The molecule has 2 nitrogen and oxygen atoms in total. The van der Waals surface area contributed by atoms with Crippen LogP contribution in [0.15, 0.2) is 12.1 Å². The first kappa shape index (κ1) is 8.57. The molecule has 0 aromatic heterocycles. The third kappa shape index (κ3) is 1.54. The Labute approximate surface area is 77.8 Å². The molecule has 2 N–H and O–H groups in total. The second kappa shape index (κ2) is 3.38. The van der Waals surface area contributed by atoms with Crippen molar-refractivity contribution in [3.8, 4) is 5.75 Å². The summed E-state index contributed by atoms with van der Waals surface area (Å²) in [6.07, 6.45) is 3.95. The van der Waals surface area contributed by atoms with E-state index < -0.39 is 0 Å². The standard InChI is InChI=1S/C11H14O2/c12-5-4-10-6-8-2-1-3-9(8)7-11(10)13/h6-7,12-13H,1-5H2. The zero-order chi connectivity index (χ0) is 9.26. The molecule has 2 heteroatoms. The molecule has 0 bridgehead atoms. The number of aryl methyl sites for hydroxylation is 2. The first-order valence-electron chi connectivity index (χ1n) is 4.76.